The number of carboxylic acids is 1. The van der Waals surface area contributed by atoms with Crippen LogP contribution in [0.25, 0.3) is 0 Å². The molecule has 0 amide bonds. The zero-order valence-electron chi connectivity index (χ0n) is 10.6. The monoisotopic (exact) mass is 283 g/mol. The number of hydrogen-bond donors (Lipinski definition) is 3. The van der Waals surface area contributed by atoms with E-state index in [0.717, 1.165) is 25.7 Å². The third-order valence-electron chi connectivity index (χ3n) is 3.64. The van der Waals surface area contributed by atoms with Crippen molar-refractivity contribution < 1.29 is 15.0 Å². The van der Waals surface area contributed by atoms with E-state index in [0.29, 0.717) is 17.3 Å². The summed E-state index contributed by atoms with van der Waals surface area (Å²) in [4.78, 5) is 10.8. The number of halogens is 1. The molecule has 1 aliphatic rings. The third kappa shape index (κ3) is 3.61. The van der Waals surface area contributed by atoms with Gasteiger partial charge in [-0.25, -0.2) is 4.79 Å². The Kier molecular flexibility index (Phi) is 4.66. The largest absolute Gasteiger partial charge is 0.478 e. The normalized spacial score (nSPS) is 23.1. The molecule has 0 heterocycles. The topological polar surface area (TPSA) is 69.6 Å². The summed E-state index contributed by atoms with van der Waals surface area (Å²) in [7, 11) is 0. The van der Waals surface area contributed by atoms with Gasteiger partial charge >= 0.3 is 5.97 Å². The highest BCUT2D eigenvalue weighted by Crippen LogP contribution is 2.27. The zero-order chi connectivity index (χ0) is 13.8. The van der Waals surface area contributed by atoms with Gasteiger partial charge in [-0.2, -0.15) is 0 Å². The Labute approximate surface area is 117 Å². The molecule has 0 saturated heterocycles. The Hall–Kier alpha value is -1.26. The molecule has 0 radical (unpaired) electrons. The molecule has 1 aromatic rings. The minimum absolute atomic E-state index is 0.174. The van der Waals surface area contributed by atoms with Crippen molar-refractivity contribution in [3.8, 4) is 0 Å². The summed E-state index contributed by atoms with van der Waals surface area (Å²) in [6.45, 7) is 0.660. The number of hydrogen-bond acceptors (Lipinski definition) is 3. The molecule has 1 fully saturated rings. The van der Waals surface area contributed by atoms with Gasteiger partial charge in [0.1, 0.15) is 0 Å². The summed E-state index contributed by atoms with van der Waals surface area (Å²) in [6, 6.07) is 4.62. The van der Waals surface area contributed by atoms with E-state index in [1.165, 1.54) is 12.1 Å². The van der Waals surface area contributed by atoms with E-state index in [2.05, 4.69) is 5.32 Å². The summed E-state index contributed by atoms with van der Waals surface area (Å²) < 4.78 is 0. The summed E-state index contributed by atoms with van der Waals surface area (Å²) in [5.41, 5.74) is 0.887. The van der Waals surface area contributed by atoms with Gasteiger partial charge in [0.25, 0.3) is 0 Å². The number of aliphatic hydroxyl groups is 1. The van der Waals surface area contributed by atoms with E-state index in [4.69, 9.17) is 16.7 Å². The van der Waals surface area contributed by atoms with Crippen LogP contribution in [0.4, 0.5) is 5.69 Å². The van der Waals surface area contributed by atoms with Crippen molar-refractivity contribution in [1.82, 2.24) is 0 Å². The lowest BCUT2D eigenvalue weighted by molar-refractivity contribution is 0.0696. The predicted octanol–water partition coefficient (Wildman–Crippen LogP) is 3.00. The molecule has 0 spiro atoms. The Morgan fingerprint density at radius 3 is 2.74 bits per heavy atom. The van der Waals surface area contributed by atoms with E-state index in [1.807, 2.05) is 0 Å². The number of aliphatic hydroxyl groups excluding tert-OH is 1. The van der Waals surface area contributed by atoms with Gasteiger partial charge in [-0.05, 0) is 31.0 Å². The van der Waals surface area contributed by atoms with Gasteiger partial charge in [0.05, 0.1) is 22.4 Å². The molecular formula is C14H18ClNO3. The third-order valence-corrected chi connectivity index (χ3v) is 3.95. The summed E-state index contributed by atoms with van der Waals surface area (Å²) in [5.74, 6) is -0.750. The minimum atomic E-state index is -0.990. The van der Waals surface area contributed by atoms with Crippen molar-refractivity contribution in [3.63, 3.8) is 0 Å². The Balaban J connectivity index is 1.97. The number of aromatic carboxylic acids is 1. The molecular weight excluding hydrogens is 266 g/mol. The SMILES string of the molecule is O=C(O)c1ccc(NCC2CCCCC2O)c(Cl)c1. The lowest BCUT2D eigenvalue weighted by Gasteiger charge is -2.28. The number of rotatable bonds is 4. The van der Waals surface area contributed by atoms with Gasteiger partial charge in [-0.3, -0.25) is 0 Å². The Morgan fingerprint density at radius 1 is 1.37 bits per heavy atom. The van der Waals surface area contributed by atoms with Gasteiger partial charge in [0, 0.05) is 12.5 Å². The van der Waals surface area contributed by atoms with Crippen LogP contribution in [0.3, 0.4) is 0 Å². The fourth-order valence-electron chi connectivity index (χ4n) is 2.46. The molecule has 2 atom stereocenters. The fraction of sp³-hybridized carbons (Fsp3) is 0.500. The van der Waals surface area contributed by atoms with E-state index in [9.17, 15) is 9.90 Å². The van der Waals surface area contributed by atoms with Crippen molar-refractivity contribution in [3.05, 3.63) is 28.8 Å². The molecule has 1 aliphatic carbocycles. The summed E-state index contributed by atoms with van der Waals surface area (Å²) in [6.07, 6.45) is 3.86. The van der Waals surface area contributed by atoms with Gasteiger partial charge in [0.15, 0.2) is 0 Å². The van der Waals surface area contributed by atoms with E-state index in [-0.39, 0.29) is 17.6 Å². The summed E-state index contributed by atoms with van der Waals surface area (Å²) >= 11 is 6.04. The molecule has 5 heteroatoms. The van der Waals surface area contributed by atoms with E-state index in [1.54, 1.807) is 6.07 Å². The Bertz CT molecular complexity index is 464. The molecule has 4 nitrogen and oxygen atoms in total. The highest BCUT2D eigenvalue weighted by Gasteiger charge is 2.22. The summed E-state index contributed by atoms with van der Waals surface area (Å²) in [5, 5.41) is 22.3. The first-order valence-corrected chi connectivity index (χ1v) is 6.90. The second-order valence-corrected chi connectivity index (χ2v) is 5.40. The highest BCUT2D eigenvalue weighted by molar-refractivity contribution is 6.33. The second kappa shape index (κ2) is 6.26. The lowest BCUT2D eigenvalue weighted by atomic mass is 9.86. The van der Waals surface area contributed by atoms with Crippen LogP contribution in [0.5, 0.6) is 0 Å². The van der Waals surface area contributed by atoms with E-state index < -0.39 is 5.97 Å². The first kappa shape index (κ1) is 14.2. The first-order chi connectivity index (χ1) is 9.08. The molecule has 1 aromatic carbocycles. The number of anilines is 1. The second-order valence-electron chi connectivity index (χ2n) is 4.99. The molecule has 2 rings (SSSR count). The van der Waals surface area contributed by atoms with Crippen molar-refractivity contribution in [2.24, 2.45) is 5.92 Å². The molecule has 2 unspecified atom stereocenters. The van der Waals surface area contributed by atoms with Crippen LogP contribution < -0.4 is 5.32 Å². The first-order valence-electron chi connectivity index (χ1n) is 6.52. The van der Waals surface area contributed by atoms with Crippen LogP contribution >= 0.6 is 11.6 Å². The van der Waals surface area contributed by atoms with Gasteiger partial charge in [-0.15, -0.1) is 0 Å². The highest BCUT2D eigenvalue weighted by atomic mass is 35.5. The number of nitrogens with one attached hydrogen (secondary N) is 1. The average Bonchev–Trinajstić information content (AvgIpc) is 2.39. The van der Waals surface area contributed by atoms with Crippen LogP contribution in [0.15, 0.2) is 18.2 Å². The van der Waals surface area contributed by atoms with E-state index >= 15 is 0 Å². The van der Waals surface area contributed by atoms with Crippen molar-refractivity contribution in [2.75, 3.05) is 11.9 Å². The molecule has 104 valence electrons. The van der Waals surface area contributed by atoms with Gasteiger partial charge < -0.3 is 15.5 Å². The molecule has 0 aliphatic heterocycles. The van der Waals surface area contributed by atoms with Crippen LogP contribution in [0.1, 0.15) is 36.0 Å². The molecule has 19 heavy (non-hydrogen) atoms. The molecule has 1 saturated carbocycles. The maximum absolute atomic E-state index is 10.8. The zero-order valence-corrected chi connectivity index (χ0v) is 11.4. The number of carbonyl (C=O) groups is 1. The molecule has 0 aromatic heterocycles. The fourth-order valence-corrected chi connectivity index (χ4v) is 2.71. The quantitative estimate of drug-likeness (QED) is 0.794. The average molecular weight is 284 g/mol. The minimum Gasteiger partial charge on any atom is -0.478 e. The van der Waals surface area contributed by atoms with Gasteiger partial charge in [-0.1, -0.05) is 24.4 Å². The standard InChI is InChI=1S/C14H18ClNO3/c15-11-7-9(14(18)19)5-6-12(11)16-8-10-3-1-2-4-13(10)17/h5-7,10,13,16-17H,1-4,8H2,(H,18,19). The van der Waals surface area contributed by atoms with Crippen molar-refractivity contribution in [2.45, 2.75) is 31.8 Å². The maximum Gasteiger partial charge on any atom is 0.335 e. The van der Waals surface area contributed by atoms with Crippen molar-refractivity contribution in [1.29, 1.82) is 0 Å². The van der Waals surface area contributed by atoms with Gasteiger partial charge in [0.2, 0.25) is 0 Å². The van der Waals surface area contributed by atoms with Crippen molar-refractivity contribution >= 4 is 23.3 Å². The number of carboxylic acid groups (broad SMARTS) is 1. The van der Waals surface area contributed by atoms with Crippen LogP contribution in [0.2, 0.25) is 5.02 Å². The predicted molar refractivity (Wildman–Crippen MR) is 74.9 cm³/mol. The van der Waals surface area contributed by atoms with Crippen LogP contribution in [-0.2, 0) is 0 Å². The lowest BCUT2D eigenvalue weighted by Crippen LogP contribution is -2.30. The molecule has 0 bridgehead atoms. The Morgan fingerprint density at radius 2 is 2.11 bits per heavy atom. The maximum atomic E-state index is 10.8. The number of benzene rings is 1. The van der Waals surface area contributed by atoms with Crippen LogP contribution in [0, 0.1) is 5.92 Å². The smallest absolute Gasteiger partial charge is 0.335 e. The van der Waals surface area contributed by atoms with Crippen LogP contribution in [-0.4, -0.2) is 28.8 Å². The molecule has 3 N–H and O–H groups in total.